The fourth-order valence-electron chi connectivity index (χ4n) is 3.55. The van der Waals surface area contributed by atoms with Crippen molar-refractivity contribution in [2.75, 3.05) is 7.11 Å². The molecule has 0 radical (unpaired) electrons. The molecule has 4 nitrogen and oxygen atoms in total. The first-order valence-electron chi connectivity index (χ1n) is 8.74. The van der Waals surface area contributed by atoms with Gasteiger partial charge < -0.3 is 4.74 Å². The minimum absolute atomic E-state index is 0.0449. The van der Waals surface area contributed by atoms with Crippen molar-refractivity contribution in [2.45, 2.75) is 0 Å². The molecule has 0 saturated carbocycles. The maximum Gasteiger partial charge on any atom is 0.209 e. The molecule has 0 aliphatic rings. The van der Waals surface area contributed by atoms with E-state index in [0.717, 1.165) is 33.2 Å². The number of carbonyl (C=O) groups is 1. The Bertz CT molecular complexity index is 1320. The zero-order valence-electron chi connectivity index (χ0n) is 14.7. The molecule has 0 saturated heterocycles. The average Bonchev–Trinajstić information content (AvgIpc) is 3.13. The Hall–Kier alpha value is -3.66. The smallest absolute Gasteiger partial charge is 0.209 e. The molecule has 0 fully saturated rings. The van der Waals surface area contributed by atoms with E-state index in [4.69, 9.17) is 9.72 Å². The van der Waals surface area contributed by atoms with Gasteiger partial charge in [-0.25, -0.2) is 4.98 Å². The number of carbonyl (C=O) groups excluding carboxylic acids is 1. The number of hydrogen-bond acceptors (Lipinski definition) is 3. The van der Waals surface area contributed by atoms with E-state index in [0.29, 0.717) is 11.3 Å². The quantitative estimate of drug-likeness (QED) is 0.435. The van der Waals surface area contributed by atoms with E-state index in [1.54, 1.807) is 31.4 Å². The predicted octanol–water partition coefficient (Wildman–Crippen LogP) is 4.88. The number of nitrogens with zero attached hydrogens (tertiary/aromatic N) is 2. The van der Waals surface area contributed by atoms with Crippen LogP contribution in [0.25, 0.3) is 27.5 Å². The number of methoxy groups -OCH3 is 1. The summed E-state index contributed by atoms with van der Waals surface area (Å²) in [5, 5.41) is 2.03. The highest BCUT2D eigenvalue weighted by molar-refractivity contribution is 6.12. The van der Waals surface area contributed by atoms with E-state index in [-0.39, 0.29) is 5.78 Å². The lowest BCUT2D eigenvalue weighted by Crippen LogP contribution is -2.08. The van der Waals surface area contributed by atoms with Crippen molar-refractivity contribution in [1.82, 2.24) is 9.38 Å². The van der Waals surface area contributed by atoms with Gasteiger partial charge in [0.1, 0.15) is 11.4 Å². The van der Waals surface area contributed by atoms with Crippen LogP contribution in [0.1, 0.15) is 16.1 Å². The molecule has 5 rings (SSSR count). The van der Waals surface area contributed by atoms with Crippen molar-refractivity contribution in [1.29, 1.82) is 0 Å². The molecule has 130 valence electrons. The lowest BCUT2D eigenvalue weighted by atomic mass is 10.0. The van der Waals surface area contributed by atoms with Crippen LogP contribution in [0.2, 0.25) is 0 Å². The van der Waals surface area contributed by atoms with E-state index in [9.17, 15) is 4.79 Å². The molecular formula is C23H16N2O2. The zero-order chi connectivity index (χ0) is 18.4. The molecule has 0 atom stereocenters. The molecule has 0 unspecified atom stereocenters. The van der Waals surface area contributed by atoms with Gasteiger partial charge in [-0.15, -0.1) is 0 Å². The SMILES string of the molecule is COc1ccc(C(=O)c2cc3ccccc3c3nc4ccccc4n23)cc1. The molecule has 0 spiro atoms. The molecule has 0 amide bonds. The number of hydrogen-bond donors (Lipinski definition) is 0. The minimum atomic E-state index is -0.0449. The fraction of sp³-hybridized carbons (Fsp3) is 0.0435. The van der Waals surface area contributed by atoms with Crippen LogP contribution in [0.15, 0.2) is 78.9 Å². The molecule has 5 aromatic rings. The molecule has 4 heteroatoms. The maximum absolute atomic E-state index is 13.4. The summed E-state index contributed by atoms with van der Waals surface area (Å²) in [6.45, 7) is 0. The first-order chi connectivity index (χ1) is 13.3. The van der Waals surface area contributed by atoms with E-state index in [1.807, 2.05) is 59.0 Å². The Kier molecular flexibility index (Phi) is 3.44. The Morgan fingerprint density at radius 1 is 0.926 bits per heavy atom. The number of pyridine rings is 1. The van der Waals surface area contributed by atoms with Crippen LogP contribution in [-0.2, 0) is 0 Å². The summed E-state index contributed by atoms with van der Waals surface area (Å²) >= 11 is 0. The number of benzene rings is 3. The molecule has 0 N–H and O–H groups in total. The van der Waals surface area contributed by atoms with Crippen molar-refractivity contribution in [3.63, 3.8) is 0 Å². The number of para-hydroxylation sites is 2. The molecule has 0 aliphatic heterocycles. The Morgan fingerprint density at radius 3 is 2.48 bits per heavy atom. The zero-order valence-corrected chi connectivity index (χ0v) is 14.7. The highest BCUT2D eigenvalue weighted by atomic mass is 16.5. The molecule has 2 heterocycles. The van der Waals surface area contributed by atoms with Crippen LogP contribution >= 0.6 is 0 Å². The normalized spacial score (nSPS) is 11.3. The number of imidazole rings is 1. The maximum atomic E-state index is 13.4. The van der Waals surface area contributed by atoms with Gasteiger partial charge in [0.15, 0.2) is 0 Å². The van der Waals surface area contributed by atoms with Gasteiger partial charge in [-0.3, -0.25) is 9.20 Å². The third-order valence-electron chi connectivity index (χ3n) is 4.88. The Morgan fingerprint density at radius 2 is 1.67 bits per heavy atom. The van der Waals surface area contributed by atoms with Crippen LogP contribution in [0.3, 0.4) is 0 Å². The van der Waals surface area contributed by atoms with E-state index in [1.165, 1.54) is 0 Å². The van der Waals surface area contributed by atoms with Crippen LogP contribution in [0.4, 0.5) is 0 Å². The predicted molar refractivity (Wildman–Crippen MR) is 107 cm³/mol. The molecule has 0 aliphatic carbocycles. The van der Waals surface area contributed by atoms with Crippen molar-refractivity contribution >= 4 is 33.2 Å². The summed E-state index contributed by atoms with van der Waals surface area (Å²) in [7, 11) is 1.61. The third-order valence-corrected chi connectivity index (χ3v) is 4.88. The number of aromatic nitrogens is 2. The van der Waals surface area contributed by atoms with Crippen LogP contribution in [0, 0.1) is 0 Å². The van der Waals surface area contributed by atoms with Crippen molar-refractivity contribution < 1.29 is 9.53 Å². The number of fused-ring (bicyclic) bond motifs is 5. The van der Waals surface area contributed by atoms with Crippen LogP contribution < -0.4 is 4.74 Å². The van der Waals surface area contributed by atoms with Gasteiger partial charge in [-0.1, -0.05) is 36.4 Å². The second-order valence-electron chi connectivity index (χ2n) is 6.43. The van der Waals surface area contributed by atoms with E-state index >= 15 is 0 Å². The van der Waals surface area contributed by atoms with Gasteiger partial charge in [0.05, 0.1) is 23.8 Å². The van der Waals surface area contributed by atoms with Crippen LogP contribution in [-0.4, -0.2) is 22.3 Å². The second kappa shape index (κ2) is 5.95. The monoisotopic (exact) mass is 352 g/mol. The first-order valence-corrected chi connectivity index (χ1v) is 8.74. The third kappa shape index (κ3) is 2.38. The molecule has 2 aromatic heterocycles. The topological polar surface area (TPSA) is 43.6 Å². The lowest BCUT2D eigenvalue weighted by molar-refractivity contribution is 0.103. The van der Waals surface area contributed by atoms with Crippen molar-refractivity contribution in [2.24, 2.45) is 0 Å². The number of ketones is 1. The lowest BCUT2D eigenvalue weighted by Gasteiger charge is -2.09. The Balaban J connectivity index is 1.85. The van der Waals surface area contributed by atoms with Gasteiger partial charge in [-0.2, -0.15) is 0 Å². The highest BCUT2D eigenvalue weighted by Crippen LogP contribution is 2.28. The summed E-state index contributed by atoms with van der Waals surface area (Å²) in [5.41, 5.74) is 3.81. The number of rotatable bonds is 3. The second-order valence-corrected chi connectivity index (χ2v) is 6.43. The molecule has 0 bridgehead atoms. The molecule has 3 aromatic carbocycles. The standard InChI is InChI=1S/C23H16N2O2/c1-27-17-12-10-15(11-13-17)22(26)21-14-16-6-2-3-7-18(16)23-24-19-8-4-5-9-20(19)25(21)23/h2-14H,1H3. The number of ether oxygens (including phenoxy) is 1. The molecular weight excluding hydrogens is 336 g/mol. The summed E-state index contributed by atoms with van der Waals surface area (Å²) in [4.78, 5) is 18.2. The summed E-state index contributed by atoms with van der Waals surface area (Å²) < 4.78 is 7.16. The highest BCUT2D eigenvalue weighted by Gasteiger charge is 2.18. The van der Waals surface area contributed by atoms with E-state index in [2.05, 4.69) is 0 Å². The summed E-state index contributed by atoms with van der Waals surface area (Å²) in [6, 6.07) is 25.1. The van der Waals surface area contributed by atoms with Gasteiger partial charge in [-0.05, 0) is 47.9 Å². The van der Waals surface area contributed by atoms with Gasteiger partial charge in [0.25, 0.3) is 0 Å². The van der Waals surface area contributed by atoms with Crippen molar-refractivity contribution in [3.05, 3.63) is 90.1 Å². The van der Waals surface area contributed by atoms with Gasteiger partial charge in [0.2, 0.25) is 5.78 Å². The molecule has 27 heavy (non-hydrogen) atoms. The fourth-order valence-corrected chi connectivity index (χ4v) is 3.55. The van der Waals surface area contributed by atoms with E-state index < -0.39 is 0 Å². The first kappa shape index (κ1) is 15.6. The minimum Gasteiger partial charge on any atom is -0.497 e. The Labute approximate surface area is 155 Å². The van der Waals surface area contributed by atoms with Gasteiger partial charge >= 0.3 is 0 Å². The summed E-state index contributed by atoms with van der Waals surface area (Å²) in [5.74, 6) is 0.680. The largest absolute Gasteiger partial charge is 0.497 e. The average molecular weight is 352 g/mol. The van der Waals surface area contributed by atoms with Crippen LogP contribution in [0.5, 0.6) is 5.75 Å². The van der Waals surface area contributed by atoms with Gasteiger partial charge in [0, 0.05) is 10.9 Å². The summed E-state index contributed by atoms with van der Waals surface area (Å²) in [6.07, 6.45) is 0. The van der Waals surface area contributed by atoms with Crippen molar-refractivity contribution in [3.8, 4) is 5.75 Å².